The van der Waals surface area contributed by atoms with Crippen molar-refractivity contribution in [2.24, 2.45) is 0 Å². The van der Waals surface area contributed by atoms with Gasteiger partial charge >= 0.3 is 0 Å². The molecule has 0 unspecified atom stereocenters. The highest BCUT2D eigenvalue weighted by Crippen LogP contribution is 2.29. The number of para-hydroxylation sites is 1. The van der Waals surface area contributed by atoms with Gasteiger partial charge in [0.25, 0.3) is 0 Å². The van der Waals surface area contributed by atoms with Gasteiger partial charge in [-0.05, 0) is 18.1 Å². The number of hydrogen-bond acceptors (Lipinski definition) is 2. The van der Waals surface area contributed by atoms with Crippen molar-refractivity contribution in [2.75, 3.05) is 6.61 Å². The average Bonchev–Trinajstić information content (AvgIpc) is 3.06. The predicted octanol–water partition coefficient (Wildman–Crippen LogP) is 4.44. The van der Waals surface area contributed by atoms with E-state index in [0.717, 1.165) is 24.3 Å². The molecule has 0 aliphatic heterocycles. The van der Waals surface area contributed by atoms with Gasteiger partial charge in [0.1, 0.15) is 5.75 Å². The van der Waals surface area contributed by atoms with E-state index >= 15 is 0 Å². The fourth-order valence-electron chi connectivity index (χ4n) is 2.30. The van der Waals surface area contributed by atoms with Crippen LogP contribution in [-0.2, 0) is 6.54 Å². The van der Waals surface area contributed by atoms with Crippen LogP contribution in [0.5, 0.6) is 5.75 Å². The quantitative estimate of drug-likeness (QED) is 0.629. The van der Waals surface area contributed by atoms with Crippen LogP contribution in [0.2, 0.25) is 0 Å². The number of ether oxygens (including phenoxy) is 1. The summed E-state index contributed by atoms with van der Waals surface area (Å²) in [6.45, 7) is 1.62. The molecule has 0 saturated heterocycles. The molecule has 114 valence electrons. The maximum absolute atomic E-state index is 5.96. The Bertz CT molecular complexity index is 669. The molecule has 0 amide bonds. The third-order valence-electron chi connectivity index (χ3n) is 3.35. The number of aromatic nitrogens is 2. The van der Waals surface area contributed by atoms with Gasteiger partial charge in [0, 0.05) is 24.5 Å². The first-order chi connectivity index (χ1) is 10.4. The van der Waals surface area contributed by atoms with Crippen molar-refractivity contribution >= 4 is 12.4 Å². The smallest absolute Gasteiger partial charge is 0.127 e. The molecule has 0 bridgehead atoms. The second kappa shape index (κ2) is 8.25. The summed E-state index contributed by atoms with van der Waals surface area (Å²) >= 11 is 0. The molecule has 0 radical (unpaired) electrons. The molecule has 0 saturated carbocycles. The SMILES string of the molecule is Cl.c1ccc(-c2ccccc2OCCCn2ccnc2)cc1. The van der Waals surface area contributed by atoms with Gasteiger partial charge in [-0.3, -0.25) is 0 Å². The molecule has 3 aromatic rings. The molecule has 1 aromatic heterocycles. The Morgan fingerprint density at radius 2 is 1.73 bits per heavy atom. The van der Waals surface area contributed by atoms with Crippen molar-refractivity contribution in [1.29, 1.82) is 0 Å². The largest absolute Gasteiger partial charge is 0.493 e. The van der Waals surface area contributed by atoms with E-state index in [9.17, 15) is 0 Å². The zero-order valence-corrected chi connectivity index (χ0v) is 13.1. The Morgan fingerprint density at radius 3 is 2.50 bits per heavy atom. The van der Waals surface area contributed by atoms with Crippen molar-refractivity contribution < 1.29 is 4.74 Å². The fraction of sp³-hybridized carbons (Fsp3) is 0.167. The summed E-state index contributed by atoms with van der Waals surface area (Å²) in [4.78, 5) is 4.04. The molecule has 4 heteroatoms. The van der Waals surface area contributed by atoms with Gasteiger partial charge < -0.3 is 9.30 Å². The number of aryl methyl sites for hydroxylation is 1. The lowest BCUT2D eigenvalue weighted by Gasteiger charge is -2.11. The number of imidazole rings is 1. The monoisotopic (exact) mass is 314 g/mol. The molecule has 0 spiro atoms. The van der Waals surface area contributed by atoms with Crippen LogP contribution in [-0.4, -0.2) is 16.2 Å². The predicted molar refractivity (Wildman–Crippen MR) is 91.5 cm³/mol. The molecule has 3 nitrogen and oxygen atoms in total. The van der Waals surface area contributed by atoms with Crippen molar-refractivity contribution in [3.05, 3.63) is 73.3 Å². The second-order valence-corrected chi connectivity index (χ2v) is 4.86. The van der Waals surface area contributed by atoms with Crippen molar-refractivity contribution in [1.82, 2.24) is 9.55 Å². The summed E-state index contributed by atoms with van der Waals surface area (Å²) in [7, 11) is 0. The summed E-state index contributed by atoms with van der Waals surface area (Å²) < 4.78 is 8.02. The van der Waals surface area contributed by atoms with Gasteiger partial charge in [-0.1, -0.05) is 48.5 Å². The van der Waals surface area contributed by atoms with Gasteiger partial charge in [0.15, 0.2) is 0 Å². The van der Waals surface area contributed by atoms with Crippen LogP contribution in [0.4, 0.5) is 0 Å². The zero-order valence-electron chi connectivity index (χ0n) is 12.3. The topological polar surface area (TPSA) is 27.1 Å². The van der Waals surface area contributed by atoms with Crippen LogP contribution in [0.15, 0.2) is 73.3 Å². The normalized spacial score (nSPS) is 10.0. The summed E-state index contributed by atoms with van der Waals surface area (Å²) in [5.74, 6) is 0.939. The zero-order chi connectivity index (χ0) is 14.3. The summed E-state index contributed by atoms with van der Waals surface area (Å²) in [6.07, 6.45) is 6.56. The van der Waals surface area contributed by atoms with E-state index in [1.807, 2.05) is 48.9 Å². The average molecular weight is 315 g/mol. The lowest BCUT2D eigenvalue weighted by Crippen LogP contribution is -2.03. The Balaban J connectivity index is 0.00000176. The minimum Gasteiger partial charge on any atom is -0.493 e. The molecule has 0 atom stereocenters. The molecule has 0 aliphatic carbocycles. The molecule has 2 aromatic carbocycles. The number of nitrogens with zero attached hydrogens (tertiary/aromatic N) is 2. The fourth-order valence-corrected chi connectivity index (χ4v) is 2.30. The summed E-state index contributed by atoms with van der Waals surface area (Å²) in [5, 5.41) is 0. The van der Waals surface area contributed by atoms with Gasteiger partial charge in [0.05, 0.1) is 12.9 Å². The van der Waals surface area contributed by atoms with Gasteiger partial charge in [-0.25, -0.2) is 4.98 Å². The van der Waals surface area contributed by atoms with Gasteiger partial charge in [-0.2, -0.15) is 0 Å². The Kier molecular flexibility index (Phi) is 6.04. The first-order valence-corrected chi connectivity index (χ1v) is 7.16. The van der Waals surface area contributed by atoms with E-state index in [1.165, 1.54) is 5.56 Å². The number of halogens is 1. The first kappa shape index (κ1) is 16.1. The second-order valence-electron chi connectivity index (χ2n) is 4.86. The lowest BCUT2D eigenvalue weighted by atomic mass is 10.1. The van der Waals surface area contributed by atoms with Crippen LogP contribution in [0.1, 0.15) is 6.42 Å². The van der Waals surface area contributed by atoms with Crippen molar-refractivity contribution in [3.8, 4) is 16.9 Å². The Labute approximate surface area is 137 Å². The van der Waals surface area contributed by atoms with E-state index in [2.05, 4.69) is 27.8 Å². The van der Waals surface area contributed by atoms with E-state index in [4.69, 9.17) is 4.74 Å². The maximum Gasteiger partial charge on any atom is 0.127 e. The molecule has 0 N–H and O–H groups in total. The third kappa shape index (κ3) is 4.12. The van der Waals surface area contributed by atoms with Crippen LogP contribution >= 0.6 is 12.4 Å². The standard InChI is InChI=1S/C18H18N2O.ClH/c1-2-7-16(8-3-1)17-9-4-5-10-18(17)21-14-6-12-20-13-11-19-15-20;/h1-5,7-11,13,15H,6,12,14H2;1H. The van der Waals surface area contributed by atoms with Crippen molar-refractivity contribution in [2.45, 2.75) is 13.0 Å². The van der Waals surface area contributed by atoms with E-state index in [0.29, 0.717) is 6.61 Å². The third-order valence-corrected chi connectivity index (χ3v) is 3.35. The maximum atomic E-state index is 5.96. The van der Waals surface area contributed by atoms with Crippen molar-refractivity contribution in [3.63, 3.8) is 0 Å². The minimum absolute atomic E-state index is 0. The first-order valence-electron chi connectivity index (χ1n) is 7.16. The van der Waals surface area contributed by atoms with E-state index < -0.39 is 0 Å². The molecule has 22 heavy (non-hydrogen) atoms. The molecule has 0 fully saturated rings. The van der Waals surface area contributed by atoms with Crippen LogP contribution in [0.3, 0.4) is 0 Å². The van der Waals surface area contributed by atoms with Crippen LogP contribution in [0, 0.1) is 0 Å². The molecule has 1 heterocycles. The van der Waals surface area contributed by atoms with E-state index in [-0.39, 0.29) is 12.4 Å². The highest BCUT2D eigenvalue weighted by molar-refractivity contribution is 5.85. The van der Waals surface area contributed by atoms with Crippen LogP contribution < -0.4 is 4.74 Å². The number of benzene rings is 2. The van der Waals surface area contributed by atoms with E-state index in [1.54, 1.807) is 6.20 Å². The molecule has 3 rings (SSSR count). The summed E-state index contributed by atoms with van der Waals surface area (Å²) in [5.41, 5.74) is 2.32. The lowest BCUT2D eigenvalue weighted by molar-refractivity contribution is 0.303. The van der Waals surface area contributed by atoms with Gasteiger partial charge in [-0.15, -0.1) is 12.4 Å². The minimum atomic E-state index is 0. The Morgan fingerprint density at radius 1 is 0.955 bits per heavy atom. The van der Waals surface area contributed by atoms with Crippen LogP contribution in [0.25, 0.3) is 11.1 Å². The highest BCUT2D eigenvalue weighted by atomic mass is 35.5. The molecule has 0 aliphatic rings. The van der Waals surface area contributed by atoms with Gasteiger partial charge in [0.2, 0.25) is 0 Å². The molecular weight excluding hydrogens is 296 g/mol. The highest BCUT2D eigenvalue weighted by Gasteiger charge is 2.04. The Hall–Kier alpha value is -2.26. The number of rotatable bonds is 6. The summed E-state index contributed by atoms with van der Waals surface area (Å²) in [6, 6.07) is 18.5. The molecular formula is C18H19ClN2O. The number of hydrogen-bond donors (Lipinski definition) is 0.